The van der Waals surface area contributed by atoms with Crippen molar-refractivity contribution in [3.05, 3.63) is 89.3 Å². The van der Waals surface area contributed by atoms with E-state index in [0.717, 1.165) is 11.9 Å². The Morgan fingerprint density at radius 2 is 1.89 bits per heavy atom. The van der Waals surface area contributed by atoms with Crippen molar-refractivity contribution < 1.29 is 43.1 Å². The molecule has 0 aliphatic carbocycles. The summed E-state index contributed by atoms with van der Waals surface area (Å²) in [5.41, 5.74) is 14.1. The molecule has 1 unspecified atom stereocenters. The van der Waals surface area contributed by atoms with E-state index in [-0.39, 0.29) is 23.6 Å². The highest BCUT2D eigenvalue weighted by Gasteiger charge is 2.56. The minimum atomic E-state index is -5.25. The summed E-state index contributed by atoms with van der Waals surface area (Å²) >= 11 is 0. The number of anilines is 2. The Kier molecular flexibility index (Phi) is 9.29. The number of aliphatic hydroxyl groups is 2. The molecule has 0 bridgehead atoms. The van der Waals surface area contributed by atoms with E-state index in [1.165, 1.54) is 22.9 Å². The molecule has 236 valence electrons. The van der Waals surface area contributed by atoms with Gasteiger partial charge in [-0.05, 0) is 30.2 Å². The highest BCUT2D eigenvalue weighted by Crippen LogP contribution is 2.48. The number of imidazole rings is 1. The third kappa shape index (κ3) is 6.73. The van der Waals surface area contributed by atoms with Crippen molar-refractivity contribution in [1.29, 1.82) is 0 Å². The Balaban J connectivity index is 1.30. The van der Waals surface area contributed by atoms with Crippen LogP contribution in [0.25, 0.3) is 21.6 Å². The van der Waals surface area contributed by atoms with Crippen LogP contribution in [0.1, 0.15) is 18.7 Å². The Labute approximate surface area is 254 Å². The lowest BCUT2D eigenvalue weighted by atomic mass is 10.1. The van der Waals surface area contributed by atoms with Crippen molar-refractivity contribution in [2.24, 2.45) is 5.11 Å². The number of nitrogens with zero attached hydrogens (tertiary/aromatic N) is 8. The molecular weight excluding hydrogens is 613 g/mol. The predicted molar refractivity (Wildman–Crippen MR) is 155 cm³/mol. The van der Waals surface area contributed by atoms with Gasteiger partial charge in [0.25, 0.3) is 0 Å². The monoisotopic (exact) mass is 641 g/mol. The van der Waals surface area contributed by atoms with Crippen molar-refractivity contribution in [2.45, 2.75) is 43.7 Å². The number of aliphatic hydroxyl groups excluding tert-OH is 2. The molecule has 1 aliphatic heterocycles. The van der Waals surface area contributed by atoms with Gasteiger partial charge in [-0.2, -0.15) is 0 Å². The molecule has 1 saturated heterocycles. The van der Waals surface area contributed by atoms with Gasteiger partial charge in [0.2, 0.25) is 5.72 Å². The van der Waals surface area contributed by atoms with Gasteiger partial charge in [-0.25, -0.2) is 29.4 Å². The standard InChI is InChI=1S/C26H28N9O9P/c1-16(35(18-10-6-3-7-11-18)41-12-17-8-4-2-5-9-17)25(38)44-45(39,40)42-13-26(32-33-28)21(37)20(36)24(43-26)34-15-31-19-22(27)29-14-30-23(19)34/h2-11,14-16,20-21,24,36-37H,12-13H2,1H3,(H,39,40)(H2,27,29,30)/t16-,20+,21-,24+,26+/m0/s1. The van der Waals surface area contributed by atoms with Crippen LogP contribution in [-0.2, 0) is 34.6 Å². The van der Waals surface area contributed by atoms with Crippen LogP contribution < -0.4 is 10.8 Å². The van der Waals surface area contributed by atoms with Crippen molar-refractivity contribution in [3.63, 3.8) is 0 Å². The number of rotatable bonds is 12. The van der Waals surface area contributed by atoms with Crippen LogP contribution in [0, 0.1) is 0 Å². The maximum Gasteiger partial charge on any atom is 0.529 e. The summed E-state index contributed by atoms with van der Waals surface area (Å²) in [5.74, 6) is -1.17. The molecule has 5 rings (SSSR count). The molecule has 18 nitrogen and oxygen atoms in total. The third-order valence-electron chi connectivity index (χ3n) is 6.83. The van der Waals surface area contributed by atoms with Gasteiger partial charge in [-0.15, -0.1) is 0 Å². The smallest absolute Gasteiger partial charge is 0.387 e. The number of fused-ring (bicyclic) bond motifs is 1. The number of azide groups is 1. The first-order chi connectivity index (χ1) is 21.5. The van der Waals surface area contributed by atoms with Crippen LogP contribution in [0.2, 0.25) is 0 Å². The van der Waals surface area contributed by atoms with E-state index in [0.29, 0.717) is 5.69 Å². The number of carbonyl (C=O) groups is 1. The van der Waals surface area contributed by atoms with Crippen LogP contribution >= 0.6 is 7.82 Å². The lowest BCUT2D eigenvalue weighted by molar-refractivity contribution is -0.142. The second-order valence-electron chi connectivity index (χ2n) is 9.81. The fourth-order valence-electron chi connectivity index (χ4n) is 4.54. The predicted octanol–water partition coefficient (Wildman–Crippen LogP) is 2.35. The summed E-state index contributed by atoms with van der Waals surface area (Å²) in [4.78, 5) is 44.0. The van der Waals surface area contributed by atoms with Gasteiger partial charge >= 0.3 is 13.8 Å². The van der Waals surface area contributed by atoms with E-state index in [1.807, 2.05) is 30.3 Å². The van der Waals surface area contributed by atoms with Crippen molar-refractivity contribution in [1.82, 2.24) is 19.5 Å². The summed E-state index contributed by atoms with van der Waals surface area (Å²) in [6.45, 7) is 0.342. The molecule has 4 aromatic rings. The topological polar surface area (TPSA) is 253 Å². The minimum Gasteiger partial charge on any atom is -0.387 e. The van der Waals surface area contributed by atoms with Crippen LogP contribution in [0.5, 0.6) is 0 Å². The van der Waals surface area contributed by atoms with Crippen LogP contribution in [0.4, 0.5) is 11.5 Å². The third-order valence-corrected chi connectivity index (χ3v) is 7.70. The highest BCUT2D eigenvalue weighted by atomic mass is 31.2. The van der Waals surface area contributed by atoms with Gasteiger partial charge < -0.3 is 25.2 Å². The Bertz CT molecular complexity index is 1740. The number of hydrogen-bond acceptors (Lipinski definition) is 14. The lowest BCUT2D eigenvalue weighted by Crippen LogP contribution is -2.45. The molecule has 19 heteroatoms. The fourth-order valence-corrected chi connectivity index (χ4v) is 5.33. The molecule has 0 amide bonds. The summed E-state index contributed by atoms with van der Waals surface area (Å²) < 4.78 is 29.6. The second kappa shape index (κ2) is 13.2. The van der Waals surface area contributed by atoms with Crippen molar-refractivity contribution in [2.75, 3.05) is 17.4 Å². The molecule has 0 saturated carbocycles. The summed E-state index contributed by atoms with van der Waals surface area (Å²) in [5, 5.41) is 26.3. The van der Waals surface area contributed by atoms with Crippen molar-refractivity contribution >= 4 is 36.5 Å². The number of phosphoric ester groups is 1. The first-order valence-corrected chi connectivity index (χ1v) is 14.8. The molecule has 0 radical (unpaired) electrons. The van der Waals surface area contributed by atoms with Gasteiger partial charge in [-0.3, -0.25) is 18.8 Å². The highest BCUT2D eigenvalue weighted by molar-refractivity contribution is 7.48. The number of aromatic nitrogens is 4. The minimum absolute atomic E-state index is 0.0324. The van der Waals surface area contributed by atoms with Gasteiger partial charge in [0.1, 0.15) is 24.1 Å². The normalized spacial score (nSPS) is 23.2. The van der Waals surface area contributed by atoms with E-state index in [1.54, 1.807) is 30.3 Å². The first-order valence-electron chi connectivity index (χ1n) is 13.3. The Hall–Kier alpha value is -4.64. The molecule has 2 aromatic heterocycles. The van der Waals surface area contributed by atoms with E-state index in [4.69, 9.17) is 24.4 Å². The fraction of sp³-hybridized carbons (Fsp3) is 0.308. The Morgan fingerprint density at radius 1 is 1.20 bits per heavy atom. The zero-order chi connectivity index (χ0) is 32.2. The zero-order valence-corrected chi connectivity index (χ0v) is 24.4. The largest absolute Gasteiger partial charge is 0.529 e. The molecule has 1 aliphatic rings. The molecule has 45 heavy (non-hydrogen) atoms. The number of phosphoric acid groups is 1. The number of carbonyl (C=O) groups excluding carboxylic acids is 1. The second-order valence-corrected chi connectivity index (χ2v) is 11.2. The lowest BCUT2D eigenvalue weighted by Gasteiger charge is -2.30. The van der Waals surface area contributed by atoms with E-state index in [2.05, 4.69) is 25.0 Å². The summed E-state index contributed by atoms with van der Waals surface area (Å²) in [6, 6.07) is 16.4. The number of nitrogen functional groups attached to an aromatic ring is 1. The average molecular weight is 642 g/mol. The molecule has 0 spiro atoms. The van der Waals surface area contributed by atoms with Gasteiger partial charge in [0, 0.05) is 4.91 Å². The average Bonchev–Trinajstić information content (AvgIpc) is 3.57. The van der Waals surface area contributed by atoms with E-state index < -0.39 is 50.6 Å². The van der Waals surface area contributed by atoms with Crippen LogP contribution in [-0.4, -0.2) is 71.2 Å². The maximum atomic E-state index is 13.1. The van der Waals surface area contributed by atoms with Gasteiger partial charge in [0.15, 0.2) is 23.7 Å². The quantitative estimate of drug-likeness (QED) is 0.0570. The maximum absolute atomic E-state index is 13.1. The van der Waals surface area contributed by atoms with Gasteiger partial charge in [0.05, 0.1) is 25.2 Å². The van der Waals surface area contributed by atoms with Crippen molar-refractivity contribution in [3.8, 4) is 0 Å². The van der Waals surface area contributed by atoms with Gasteiger partial charge in [-0.1, -0.05) is 53.6 Å². The molecule has 1 fully saturated rings. The van der Waals surface area contributed by atoms with E-state index in [9.17, 15) is 30.0 Å². The van der Waals surface area contributed by atoms with Crippen LogP contribution in [0.15, 0.2) is 78.4 Å². The molecule has 6 atom stereocenters. The number of ether oxygens (including phenoxy) is 1. The number of para-hydroxylation sites is 1. The number of nitrogens with two attached hydrogens (primary N) is 1. The molecular formula is C26H28N9O9P. The number of benzene rings is 2. The molecule has 3 heterocycles. The number of hydrogen-bond donors (Lipinski definition) is 4. The SMILES string of the molecule is C[C@@H](C(=O)OP(=O)(O)OC[C@@]1(N=[N+]=[N-])O[C@@H](n2cnc3c(N)ncnc32)[C@H](O)[C@@H]1O)N(OCc1ccccc1)c1ccccc1. The van der Waals surface area contributed by atoms with E-state index >= 15 is 0 Å². The van der Waals surface area contributed by atoms with Crippen LogP contribution in [0.3, 0.4) is 0 Å². The number of hydroxylamine groups is 1. The summed E-state index contributed by atoms with van der Waals surface area (Å²) in [7, 11) is -5.25. The summed E-state index contributed by atoms with van der Waals surface area (Å²) in [6.07, 6.45) is -2.88. The Morgan fingerprint density at radius 3 is 2.58 bits per heavy atom. The molecule has 5 N–H and O–H groups in total. The zero-order valence-electron chi connectivity index (χ0n) is 23.5. The first kappa shape index (κ1) is 31.8. The molecule has 2 aromatic carbocycles.